The van der Waals surface area contributed by atoms with Crippen LogP contribution in [0.4, 0.5) is 10.5 Å². The van der Waals surface area contributed by atoms with E-state index in [1.54, 1.807) is 18.2 Å². The molecule has 9 heteroatoms. The lowest BCUT2D eigenvalue weighted by molar-refractivity contribution is -0.124. The first kappa shape index (κ1) is 14.0. The van der Waals surface area contributed by atoms with Crippen LogP contribution in [-0.4, -0.2) is 44.7 Å². The Morgan fingerprint density at radius 1 is 1.41 bits per heavy atom. The lowest BCUT2D eigenvalue weighted by atomic mass is 10.1. The first-order chi connectivity index (χ1) is 10.7. The van der Waals surface area contributed by atoms with E-state index in [1.165, 1.54) is 11.0 Å². The minimum absolute atomic E-state index is 0.149. The van der Waals surface area contributed by atoms with Gasteiger partial charge in [0.15, 0.2) is 0 Å². The third-order valence-corrected chi connectivity index (χ3v) is 3.31. The SMILES string of the molecule is O=C(Nc1cccc(-n2cnnn2)c1)NC1CCCNC1=O. The predicted molar refractivity (Wildman–Crippen MR) is 77.3 cm³/mol. The number of hydrogen-bond acceptors (Lipinski definition) is 5. The van der Waals surface area contributed by atoms with Gasteiger partial charge < -0.3 is 16.0 Å². The van der Waals surface area contributed by atoms with Crippen molar-refractivity contribution in [2.24, 2.45) is 0 Å². The van der Waals surface area contributed by atoms with Crippen LogP contribution < -0.4 is 16.0 Å². The number of aromatic nitrogens is 4. The van der Waals surface area contributed by atoms with E-state index in [0.717, 1.165) is 12.1 Å². The number of carbonyl (C=O) groups is 2. The zero-order valence-electron chi connectivity index (χ0n) is 11.7. The molecule has 1 aliphatic rings. The second kappa shape index (κ2) is 6.20. The lowest BCUT2D eigenvalue weighted by Gasteiger charge is -2.22. The van der Waals surface area contributed by atoms with Crippen LogP contribution in [0.5, 0.6) is 0 Å². The molecule has 2 aromatic rings. The number of carbonyl (C=O) groups excluding carboxylic acids is 2. The van der Waals surface area contributed by atoms with Gasteiger partial charge in [-0.1, -0.05) is 6.07 Å². The van der Waals surface area contributed by atoms with Crippen molar-refractivity contribution in [3.05, 3.63) is 30.6 Å². The lowest BCUT2D eigenvalue weighted by Crippen LogP contribution is -2.51. The van der Waals surface area contributed by atoms with Crippen LogP contribution in [0.15, 0.2) is 30.6 Å². The maximum atomic E-state index is 12.0. The molecule has 0 aliphatic carbocycles. The van der Waals surface area contributed by atoms with Gasteiger partial charge in [0.1, 0.15) is 12.4 Å². The van der Waals surface area contributed by atoms with E-state index in [2.05, 4.69) is 31.5 Å². The molecule has 3 amide bonds. The second-order valence-corrected chi connectivity index (χ2v) is 4.89. The zero-order valence-corrected chi connectivity index (χ0v) is 11.7. The molecule has 0 bridgehead atoms. The molecule has 3 N–H and O–H groups in total. The van der Waals surface area contributed by atoms with Gasteiger partial charge in [0.2, 0.25) is 5.91 Å². The summed E-state index contributed by atoms with van der Waals surface area (Å²) in [6, 6.07) is 6.16. The molecule has 1 saturated heterocycles. The van der Waals surface area contributed by atoms with E-state index in [-0.39, 0.29) is 5.91 Å². The Hall–Kier alpha value is -2.97. The molecule has 1 aromatic heterocycles. The fourth-order valence-electron chi connectivity index (χ4n) is 2.24. The van der Waals surface area contributed by atoms with Gasteiger partial charge in [-0.05, 0) is 41.5 Å². The number of nitrogens with zero attached hydrogens (tertiary/aromatic N) is 4. The fourth-order valence-corrected chi connectivity index (χ4v) is 2.24. The van der Waals surface area contributed by atoms with Crippen molar-refractivity contribution < 1.29 is 9.59 Å². The van der Waals surface area contributed by atoms with Crippen LogP contribution in [0.3, 0.4) is 0 Å². The summed E-state index contributed by atoms with van der Waals surface area (Å²) in [5, 5.41) is 19.0. The number of urea groups is 1. The van der Waals surface area contributed by atoms with Crippen molar-refractivity contribution in [1.29, 1.82) is 0 Å². The summed E-state index contributed by atoms with van der Waals surface area (Å²) >= 11 is 0. The van der Waals surface area contributed by atoms with Crippen molar-refractivity contribution in [1.82, 2.24) is 30.8 Å². The largest absolute Gasteiger partial charge is 0.354 e. The highest BCUT2D eigenvalue weighted by atomic mass is 16.2. The van der Waals surface area contributed by atoms with Crippen LogP contribution in [-0.2, 0) is 4.79 Å². The highest BCUT2D eigenvalue weighted by Gasteiger charge is 2.23. The average Bonchev–Trinajstić information content (AvgIpc) is 3.04. The summed E-state index contributed by atoms with van der Waals surface area (Å²) < 4.78 is 1.48. The van der Waals surface area contributed by atoms with Gasteiger partial charge >= 0.3 is 6.03 Å². The third-order valence-electron chi connectivity index (χ3n) is 3.31. The molecule has 2 heterocycles. The smallest absolute Gasteiger partial charge is 0.319 e. The molecule has 1 atom stereocenters. The van der Waals surface area contributed by atoms with Gasteiger partial charge in [0, 0.05) is 12.2 Å². The monoisotopic (exact) mass is 301 g/mol. The number of tetrazole rings is 1. The van der Waals surface area contributed by atoms with Gasteiger partial charge in [0.05, 0.1) is 5.69 Å². The Balaban J connectivity index is 1.64. The molecule has 114 valence electrons. The number of amides is 3. The Morgan fingerprint density at radius 3 is 3.09 bits per heavy atom. The molecule has 1 unspecified atom stereocenters. The van der Waals surface area contributed by atoms with Crippen molar-refractivity contribution in [2.45, 2.75) is 18.9 Å². The Bertz CT molecular complexity index is 671. The standard InChI is InChI=1S/C13H15N7O2/c21-12-11(5-2-6-14-12)17-13(22)16-9-3-1-4-10(7-9)20-8-15-18-19-20/h1,3-4,7-8,11H,2,5-6H2,(H,14,21)(H2,16,17,22). The maximum absolute atomic E-state index is 12.0. The third kappa shape index (κ3) is 3.19. The van der Waals surface area contributed by atoms with Crippen LogP contribution >= 0.6 is 0 Å². The number of nitrogens with one attached hydrogen (secondary N) is 3. The summed E-state index contributed by atoms with van der Waals surface area (Å²) in [5.41, 5.74) is 1.31. The molecular formula is C13H15N7O2. The molecular weight excluding hydrogens is 286 g/mol. The van der Waals surface area contributed by atoms with Crippen molar-refractivity contribution >= 4 is 17.6 Å². The predicted octanol–water partition coefficient (Wildman–Crippen LogP) is 0.0624. The van der Waals surface area contributed by atoms with Crippen molar-refractivity contribution in [3.63, 3.8) is 0 Å². The summed E-state index contributed by atoms with van der Waals surface area (Å²) in [5.74, 6) is -0.149. The van der Waals surface area contributed by atoms with Gasteiger partial charge in [-0.3, -0.25) is 4.79 Å². The molecule has 9 nitrogen and oxygen atoms in total. The fraction of sp³-hybridized carbons (Fsp3) is 0.308. The number of benzene rings is 1. The van der Waals surface area contributed by atoms with Gasteiger partial charge in [-0.2, -0.15) is 0 Å². The Labute approximate surface area is 126 Å². The molecule has 1 aliphatic heterocycles. The first-order valence-electron chi connectivity index (χ1n) is 6.91. The van der Waals surface area contributed by atoms with E-state index < -0.39 is 12.1 Å². The molecule has 0 radical (unpaired) electrons. The summed E-state index contributed by atoms with van der Waals surface area (Å²) in [6.07, 6.45) is 2.96. The minimum Gasteiger partial charge on any atom is -0.354 e. The Kier molecular flexibility index (Phi) is 3.95. The first-order valence-corrected chi connectivity index (χ1v) is 6.91. The number of anilines is 1. The normalized spacial score (nSPS) is 17.6. The van der Waals surface area contributed by atoms with Gasteiger partial charge in [0.25, 0.3) is 0 Å². The highest BCUT2D eigenvalue weighted by molar-refractivity contribution is 5.94. The Morgan fingerprint density at radius 2 is 2.32 bits per heavy atom. The maximum Gasteiger partial charge on any atom is 0.319 e. The summed E-state index contributed by atoms with van der Waals surface area (Å²) in [4.78, 5) is 23.6. The number of piperidine rings is 1. The van der Waals surface area contributed by atoms with Crippen LogP contribution in [0.25, 0.3) is 5.69 Å². The van der Waals surface area contributed by atoms with Gasteiger partial charge in [-0.25, -0.2) is 9.48 Å². The van der Waals surface area contributed by atoms with Crippen molar-refractivity contribution in [3.8, 4) is 5.69 Å². The van der Waals surface area contributed by atoms with E-state index in [1.807, 2.05) is 6.07 Å². The average molecular weight is 301 g/mol. The van der Waals surface area contributed by atoms with E-state index in [9.17, 15) is 9.59 Å². The van der Waals surface area contributed by atoms with Crippen LogP contribution in [0.2, 0.25) is 0 Å². The highest BCUT2D eigenvalue weighted by Crippen LogP contribution is 2.13. The molecule has 0 saturated carbocycles. The van der Waals surface area contributed by atoms with E-state index in [0.29, 0.717) is 18.7 Å². The molecule has 22 heavy (non-hydrogen) atoms. The molecule has 3 rings (SSSR count). The summed E-state index contributed by atoms with van der Waals surface area (Å²) in [7, 11) is 0. The molecule has 1 aromatic carbocycles. The van der Waals surface area contributed by atoms with E-state index in [4.69, 9.17) is 0 Å². The van der Waals surface area contributed by atoms with E-state index >= 15 is 0 Å². The number of rotatable bonds is 3. The van der Waals surface area contributed by atoms with Gasteiger partial charge in [-0.15, -0.1) is 5.10 Å². The topological polar surface area (TPSA) is 114 Å². The van der Waals surface area contributed by atoms with Crippen molar-refractivity contribution in [2.75, 3.05) is 11.9 Å². The minimum atomic E-state index is -0.489. The second-order valence-electron chi connectivity index (χ2n) is 4.89. The number of hydrogen-bond donors (Lipinski definition) is 3. The molecule has 1 fully saturated rings. The van der Waals surface area contributed by atoms with Crippen LogP contribution in [0.1, 0.15) is 12.8 Å². The summed E-state index contributed by atoms with van der Waals surface area (Å²) in [6.45, 7) is 0.659. The molecule has 0 spiro atoms. The quantitative estimate of drug-likeness (QED) is 0.742. The zero-order chi connectivity index (χ0) is 15.4. The van der Waals surface area contributed by atoms with Crippen LogP contribution in [0, 0.1) is 0 Å².